The SMILES string of the molecule is Cc1oc(S(N)(=O)=O)cc1C(=O)ON1C(=O)c2ccccc2C1=O. The fourth-order valence-electron chi connectivity index (χ4n) is 2.18. The van der Waals surface area contributed by atoms with Crippen LogP contribution in [0.3, 0.4) is 0 Å². The Bertz CT molecular complexity index is 955. The van der Waals surface area contributed by atoms with Crippen molar-refractivity contribution in [1.82, 2.24) is 5.06 Å². The van der Waals surface area contributed by atoms with Crippen molar-refractivity contribution in [2.75, 3.05) is 0 Å². The number of hydrogen-bond acceptors (Lipinski definition) is 7. The molecule has 1 aromatic heterocycles. The second kappa shape index (κ2) is 5.28. The molecule has 1 aliphatic heterocycles. The molecule has 24 heavy (non-hydrogen) atoms. The summed E-state index contributed by atoms with van der Waals surface area (Å²) in [4.78, 5) is 41.2. The zero-order valence-electron chi connectivity index (χ0n) is 12.2. The van der Waals surface area contributed by atoms with Gasteiger partial charge in [0.15, 0.2) is 0 Å². The maximum absolute atomic E-state index is 12.1. The summed E-state index contributed by atoms with van der Waals surface area (Å²) in [7, 11) is -4.15. The first-order chi connectivity index (χ1) is 11.2. The van der Waals surface area contributed by atoms with E-state index in [4.69, 9.17) is 14.4 Å². The van der Waals surface area contributed by atoms with Crippen molar-refractivity contribution in [3.63, 3.8) is 0 Å². The van der Waals surface area contributed by atoms with Crippen LogP contribution in [-0.2, 0) is 14.9 Å². The van der Waals surface area contributed by atoms with Crippen LogP contribution in [0.15, 0.2) is 39.8 Å². The summed E-state index contributed by atoms with van der Waals surface area (Å²) < 4.78 is 27.3. The first kappa shape index (κ1) is 15.9. The normalized spacial score (nSPS) is 14.0. The number of benzene rings is 1. The fraction of sp³-hybridized carbons (Fsp3) is 0.0714. The monoisotopic (exact) mass is 350 g/mol. The molecule has 1 aromatic carbocycles. The van der Waals surface area contributed by atoms with Gasteiger partial charge in [-0.1, -0.05) is 17.2 Å². The standard InChI is InChI=1S/C14H10N2O7S/c1-7-10(6-11(22-7)24(15,20)21)14(19)23-16-12(17)8-4-2-3-5-9(8)13(16)18/h2-6H,1H3,(H2,15,20,21). The Hall–Kier alpha value is -2.98. The maximum atomic E-state index is 12.1. The Morgan fingerprint density at radius 1 is 1.17 bits per heavy atom. The van der Waals surface area contributed by atoms with Gasteiger partial charge in [-0.25, -0.2) is 18.4 Å². The van der Waals surface area contributed by atoms with Crippen LogP contribution in [0.4, 0.5) is 0 Å². The smallest absolute Gasteiger partial charge is 0.367 e. The van der Waals surface area contributed by atoms with E-state index in [9.17, 15) is 22.8 Å². The lowest BCUT2D eigenvalue weighted by atomic mass is 10.1. The predicted molar refractivity (Wildman–Crippen MR) is 77.2 cm³/mol. The fourth-order valence-corrected chi connectivity index (χ4v) is 2.70. The van der Waals surface area contributed by atoms with E-state index in [-0.39, 0.29) is 22.5 Å². The Labute approximate surface area is 135 Å². The van der Waals surface area contributed by atoms with Crippen molar-refractivity contribution in [1.29, 1.82) is 0 Å². The molecule has 9 nitrogen and oxygen atoms in total. The number of imide groups is 1. The summed E-state index contributed by atoms with van der Waals surface area (Å²) in [6.45, 7) is 1.31. The lowest BCUT2D eigenvalue weighted by molar-refractivity contribution is -0.0585. The van der Waals surface area contributed by atoms with Crippen LogP contribution in [0.25, 0.3) is 0 Å². The van der Waals surface area contributed by atoms with Crippen molar-refractivity contribution >= 4 is 27.8 Å². The summed E-state index contributed by atoms with van der Waals surface area (Å²) >= 11 is 0. The molecule has 2 amide bonds. The molecule has 0 aliphatic carbocycles. The number of hydroxylamine groups is 2. The average molecular weight is 350 g/mol. The number of primary sulfonamides is 1. The van der Waals surface area contributed by atoms with Crippen LogP contribution >= 0.6 is 0 Å². The maximum Gasteiger partial charge on any atom is 0.367 e. The van der Waals surface area contributed by atoms with E-state index >= 15 is 0 Å². The molecule has 2 aromatic rings. The zero-order valence-corrected chi connectivity index (χ0v) is 13.0. The highest BCUT2D eigenvalue weighted by molar-refractivity contribution is 7.89. The third-order valence-corrected chi connectivity index (χ3v) is 4.09. The van der Waals surface area contributed by atoms with E-state index < -0.39 is 32.9 Å². The number of nitrogens with two attached hydrogens (primary N) is 1. The molecule has 0 radical (unpaired) electrons. The van der Waals surface area contributed by atoms with Crippen LogP contribution in [-0.4, -0.2) is 31.3 Å². The Balaban J connectivity index is 1.88. The molecular formula is C14H10N2O7S. The van der Waals surface area contributed by atoms with Gasteiger partial charge in [-0.3, -0.25) is 9.59 Å². The minimum atomic E-state index is -4.15. The third kappa shape index (κ3) is 2.47. The molecule has 0 saturated carbocycles. The minimum Gasteiger partial charge on any atom is -0.448 e. The second-order valence-electron chi connectivity index (χ2n) is 4.91. The van der Waals surface area contributed by atoms with Crippen LogP contribution in [0.2, 0.25) is 0 Å². The van der Waals surface area contributed by atoms with E-state index in [1.807, 2.05) is 0 Å². The predicted octanol–water partition coefficient (Wildman–Crippen LogP) is 0.603. The first-order valence-electron chi connectivity index (χ1n) is 6.53. The summed E-state index contributed by atoms with van der Waals surface area (Å²) in [6.07, 6.45) is 0. The van der Waals surface area contributed by atoms with Gasteiger partial charge < -0.3 is 9.25 Å². The number of fused-ring (bicyclic) bond motifs is 1. The molecule has 2 heterocycles. The molecule has 0 fully saturated rings. The van der Waals surface area contributed by atoms with E-state index in [2.05, 4.69) is 0 Å². The zero-order chi connectivity index (χ0) is 17.6. The molecule has 2 N–H and O–H groups in total. The number of hydrogen-bond donors (Lipinski definition) is 1. The van der Waals surface area contributed by atoms with Crippen molar-refractivity contribution in [3.8, 4) is 0 Å². The molecule has 10 heteroatoms. The van der Waals surface area contributed by atoms with Gasteiger partial charge in [0, 0.05) is 6.07 Å². The van der Waals surface area contributed by atoms with Gasteiger partial charge in [0.05, 0.1) is 11.1 Å². The first-order valence-corrected chi connectivity index (χ1v) is 8.08. The number of aryl methyl sites for hydroxylation is 1. The molecule has 0 atom stereocenters. The van der Waals surface area contributed by atoms with E-state index in [0.29, 0.717) is 5.06 Å². The number of amides is 2. The Morgan fingerprint density at radius 2 is 1.71 bits per heavy atom. The number of rotatable bonds is 3. The highest BCUT2D eigenvalue weighted by Gasteiger charge is 2.39. The van der Waals surface area contributed by atoms with Gasteiger partial charge in [-0.05, 0) is 19.1 Å². The van der Waals surface area contributed by atoms with E-state index in [0.717, 1.165) is 6.07 Å². The Morgan fingerprint density at radius 3 is 2.17 bits per heavy atom. The summed E-state index contributed by atoms with van der Waals surface area (Å²) in [5.74, 6) is -2.80. The summed E-state index contributed by atoms with van der Waals surface area (Å²) in [5.41, 5.74) is -0.0653. The van der Waals surface area contributed by atoms with Gasteiger partial charge in [-0.15, -0.1) is 0 Å². The quantitative estimate of drug-likeness (QED) is 0.800. The Kier molecular flexibility index (Phi) is 3.50. The van der Waals surface area contributed by atoms with Crippen LogP contribution < -0.4 is 5.14 Å². The molecule has 0 spiro atoms. The van der Waals surface area contributed by atoms with Gasteiger partial charge in [0.25, 0.3) is 21.8 Å². The number of carbonyl (C=O) groups excluding carboxylic acids is 3. The minimum absolute atomic E-state index is 0.0827. The lowest BCUT2D eigenvalue weighted by Crippen LogP contribution is -2.32. The van der Waals surface area contributed by atoms with Crippen molar-refractivity contribution < 1.29 is 32.1 Å². The van der Waals surface area contributed by atoms with Gasteiger partial charge in [-0.2, -0.15) is 0 Å². The van der Waals surface area contributed by atoms with Gasteiger partial charge in [0.1, 0.15) is 11.3 Å². The molecule has 0 unspecified atom stereocenters. The largest absolute Gasteiger partial charge is 0.448 e. The highest BCUT2D eigenvalue weighted by Crippen LogP contribution is 2.25. The van der Waals surface area contributed by atoms with Crippen LogP contribution in [0, 0.1) is 6.92 Å². The van der Waals surface area contributed by atoms with Crippen LogP contribution in [0.5, 0.6) is 0 Å². The van der Waals surface area contributed by atoms with E-state index in [1.165, 1.54) is 19.1 Å². The van der Waals surface area contributed by atoms with Crippen molar-refractivity contribution in [2.45, 2.75) is 12.0 Å². The molecule has 3 rings (SSSR count). The number of sulfonamides is 1. The average Bonchev–Trinajstić information content (AvgIpc) is 3.02. The molecule has 1 aliphatic rings. The number of furan rings is 1. The molecular weight excluding hydrogens is 340 g/mol. The van der Waals surface area contributed by atoms with Crippen molar-refractivity contribution in [3.05, 3.63) is 52.8 Å². The summed E-state index contributed by atoms with van der Waals surface area (Å²) in [5, 5.41) is 4.60. The van der Waals surface area contributed by atoms with Gasteiger partial charge in [0.2, 0.25) is 5.09 Å². The van der Waals surface area contributed by atoms with Crippen molar-refractivity contribution in [2.24, 2.45) is 5.14 Å². The highest BCUT2D eigenvalue weighted by atomic mass is 32.2. The molecule has 124 valence electrons. The number of nitrogens with zero attached hydrogens (tertiary/aromatic N) is 1. The topological polar surface area (TPSA) is 137 Å². The summed E-state index contributed by atoms with van der Waals surface area (Å²) in [6, 6.07) is 6.84. The molecule has 0 bridgehead atoms. The number of carbonyl (C=O) groups is 3. The second-order valence-corrected chi connectivity index (χ2v) is 6.40. The van der Waals surface area contributed by atoms with Gasteiger partial charge >= 0.3 is 5.97 Å². The molecule has 0 saturated heterocycles. The van der Waals surface area contributed by atoms with E-state index in [1.54, 1.807) is 12.1 Å². The van der Waals surface area contributed by atoms with Crippen LogP contribution in [0.1, 0.15) is 36.8 Å². The third-order valence-electron chi connectivity index (χ3n) is 3.33. The lowest BCUT2D eigenvalue weighted by Gasteiger charge is -2.11.